The van der Waals surface area contributed by atoms with Gasteiger partial charge in [0.25, 0.3) is 0 Å². The summed E-state index contributed by atoms with van der Waals surface area (Å²) in [5.41, 5.74) is 0. The van der Waals surface area contributed by atoms with Crippen LogP contribution in [0.15, 0.2) is 72.9 Å². The van der Waals surface area contributed by atoms with Crippen LogP contribution in [-0.4, -0.2) is 98.9 Å². The molecule has 1 saturated carbocycles. The largest absolute Gasteiger partial charge is 0.472 e. The maximum atomic E-state index is 12.9. The standard InChI is InChI=1S/C55H97O12P/c1-3-5-7-9-11-13-15-17-19-21-22-23-24-25-26-27-29-31-33-35-37-39-41-43-45-64-46-48(47-65-68(62,63)67-55-53(60)51(58)50(57)52(59)54(55)61)66-49(56)44-42-40-38-36-34-32-30-28-20-18-16-14-12-10-8-6-4-2/h6,8,12,14-15,17-18,20-22,24-25,48,50-55,57-61H,3-5,7,9-11,13,16,19,23,26-47H2,1-2H3,(H,62,63)/b8-6-,14-12-,17-15-,20-18-,22-21-,25-24-. The third-order valence-corrected chi connectivity index (χ3v) is 13.0. The predicted molar refractivity (Wildman–Crippen MR) is 276 cm³/mol. The van der Waals surface area contributed by atoms with Crippen molar-refractivity contribution in [2.45, 2.75) is 249 Å². The summed E-state index contributed by atoms with van der Waals surface area (Å²) >= 11 is 0. The van der Waals surface area contributed by atoms with Crippen LogP contribution in [0.4, 0.5) is 0 Å². The zero-order valence-corrected chi connectivity index (χ0v) is 43.3. The Balaban J connectivity index is 2.32. The number of carbonyl (C=O) groups excluding carboxylic acids is 1. The summed E-state index contributed by atoms with van der Waals surface area (Å²) < 4.78 is 34.3. The average molecular weight is 981 g/mol. The van der Waals surface area contributed by atoms with Crippen LogP contribution in [-0.2, 0) is 27.9 Å². The molecule has 0 bridgehead atoms. The molecule has 1 aliphatic rings. The molecule has 0 saturated heterocycles. The van der Waals surface area contributed by atoms with Crippen LogP contribution < -0.4 is 0 Å². The lowest BCUT2D eigenvalue weighted by atomic mass is 9.85. The average Bonchev–Trinajstić information content (AvgIpc) is 3.32. The van der Waals surface area contributed by atoms with Crippen molar-refractivity contribution in [3.63, 3.8) is 0 Å². The minimum atomic E-state index is -5.03. The van der Waals surface area contributed by atoms with Crippen molar-refractivity contribution in [2.75, 3.05) is 19.8 Å². The van der Waals surface area contributed by atoms with Gasteiger partial charge < -0.3 is 39.9 Å². The van der Waals surface area contributed by atoms with Gasteiger partial charge in [-0.15, -0.1) is 0 Å². The van der Waals surface area contributed by atoms with Gasteiger partial charge in [-0.2, -0.15) is 0 Å². The summed E-state index contributed by atoms with van der Waals surface area (Å²) in [4.78, 5) is 23.3. The fourth-order valence-corrected chi connectivity index (χ4v) is 8.82. The zero-order valence-electron chi connectivity index (χ0n) is 42.4. The van der Waals surface area contributed by atoms with Crippen molar-refractivity contribution in [3.8, 4) is 0 Å². The molecule has 0 aliphatic heterocycles. The van der Waals surface area contributed by atoms with Crippen LogP contribution in [0.25, 0.3) is 0 Å². The maximum absolute atomic E-state index is 12.9. The number of aliphatic hydroxyl groups excluding tert-OH is 5. The van der Waals surface area contributed by atoms with Crippen molar-refractivity contribution in [1.29, 1.82) is 0 Å². The highest BCUT2D eigenvalue weighted by Gasteiger charge is 2.51. The predicted octanol–water partition coefficient (Wildman–Crippen LogP) is 12.3. The lowest BCUT2D eigenvalue weighted by Crippen LogP contribution is -2.64. The highest BCUT2D eigenvalue weighted by Crippen LogP contribution is 2.47. The van der Waals surface area contributed by atoms with E-state index in [1.165, 1.54) is 77.0 Å². The summed E-state index contributed by atoms with van der Waals surface area (Å²) in [5, 5.41) is 50.3. The number of esters is 1. The van der Waals surface area contributed by atoms with Crippen LogP contribution in [0.1, 0.15) is 206 Å². The van der Waals surface area contributed by atoms with E-state index >= 15 is 0 Å². The molecule has 12 nitrogen and oxygen atoms in total. The Morgan fingerprint density at radius 1 is 0.485 bits per heavy atom. The van der Waals surface area contributed by atoms with Gasteiger partial charge in [-0.05, 0) is 83.5 Å². The first-order valence-electron chi connectivity index (χ1n) is 26.8. The molecule has 1 aliphatic carbocycles. The highest BCUT2D eigenvalue weighted by molar-refractivity contribution is 7.47. The van der Waals surface area contributed by atoms with Crippen molar-refractivity contribution < 1.29 is 58.3 Å². The van der Waals surface area contributed by atoms with E-state index in [1.807, 2.05) is 0 Å². The molecule has 13 heteroatoms. The van der Waals surface area contributed by atoms with Gasteiger partial charge in [-0.25, -0.2) is 4.57 Å². The quantitative estimate of drug-likeness (QED) is 0.0147. The molecule has 394 valence electrons. The number of phosphoric acid groups is 1. The fourth-order valence-electron chi connectivity index (χ4n) is 7.85. The first kappa shape index (κ1) is 63.8. The Morgan fingerprint density at radius 3 is 1.32 bits per heavy atom. The smallest absolute Gasteiger partial charge is 0.457 e. The molecule has 1 fully saturated rings. The Hall–Kier alpha value is -2.22. The van der Waals surface area contributed by atoms with E-state index in [9.17, 15) is 39.8 Å². The Bertz CT molecular complexity index is 1400. The Labute approximate surface area is 412 Å². The van der Waals surface area contributed by atoms with Crippen LogP contribution >= 0.6 is 7.82 Å². The second-order valence-electron chi connectivity index (χ2n) is 18.3. The molecule has 0 spiro atoms. The summed E-state index contributed by atoms with van der Waals surface area (Å²) in [6.45, 7) is 4.13. The minimum Gasteiger partial charge on any atom is -0.457 e. The molecule has 0 aromatic heterocycles. The summed E-state index contributed by atoms with van der Waals surface area (Å²) in [7, 11) is -5.03. The van der Waals surface area contributed by atoms with E-state index in [-0.39, 0.29) is 13.0 Å². The summed E-state index contributed by atoms with van der Waals surface area (Å²) in [6.07, 6.45) is 46.8. The van der Waals surface area contributed by atoms with E-state index in [4.69, 9.17) is 18.5 Å². The number of phosphoric ester groups is 1. The number of aliphatic hydroxyl groups is 5. The molecular formula is C55H97O12P. The van der Waals surface area contributed by atoms with Crippen LogP contribution in [0.3, 0.4) is 0 Å². The highest BCUT2D eigenvalue weighted by atomic mass is 31.2. The van der Waals surface area contributed by atoms with Gasteiger partial charge in [-0.1, -0.05) is 189 Å². The molecule has 6 atom stereocenters. The van der Waals surface area contributed by atoms with Gasteiger partial charge in [-0.3, -0.25) is 13.8 Å². The summed E-state index contributed by atoms with van der Waals surface area (Å²) in [5.74, 6) is -0.491. The molecule has 1 rings (SSSR count). The van der Waals surface area contributed by atoms with Gasteiger partial charge in [0, 0.05) is 13.0 Å². The van der Waals surface area contributed by atoms with E-state index in [2.05, 4.69) is 86.8 Å². The third kappa shape index (κ3) is 35.8. The normalized spacial score (nSPS) is 21.7. The Morgan fingerprint density at radius 2 is 0.868 bits per heavy atom. The summed E-state index contributed by atoms with van der Waals surface area (Å²) in [6, 6.07) is 0. The minimum absolute atomic E-state index is 0.0879. The number of hydrogen-bond donors (Lipinski definition) is 6. The molecule has 0 radical (unpaired) electrons. The number of carbonyl (C=O) groups is 1. The lowest BCUT2D eigenvalue weighted by molar-refractivity contribution is -0.220. The lowest BCUT2D eigenvalue weighted by Gasteiger charge is -2.41. The Kier molecular flexibility index (Phi) is 41.9. The van der Waals surface area contributed by atoms with Crippen molar-refractivity contribution in [3.05, 3.63) is 72.9 Å². The molecular weight excluding hydrogens is 884 g/mol. The van der Waals surface area contributed by atoms with Gasteiger partial charge in [0.1, 0.15) is 42.7 Å². The SMILES string of the molecule is CC/C=C\C/C=C\C/C=C\CCCCCCCCCC(=O)OC(COCCCCCCCCCCC/C=C\C/C=C\C/C=C\CCCCCCC)COP(=O)(O)OC1C(O)C(O)C(O)C(O)C1O. The topological polar surface area (TPSA) is 192 Å². The molecule has 0 aromatic rings. The van der Waals surface area contributed by atoms with E-state index in [1.54, 1.807) is 0 Å². The first-order chi connectivity index (χ1) is 33.0. The van der Waals surface area contributed by atoms with E-state index in [0.29, 0.717) is 13.0 Å². The maximum Gasteiger partial charge on any atom is 0.472 e. The number of hydrogen-bond acceptors (Lipinski definition) is 11. The van der Waals surface area contributed by atoms with E-state index < -0.39 is 63.1 Å². The molecule has 0 heterocycles. The first-order valence-corrected chi connectivity index (χ1v) is 28.3. The van der Waals surface area contributed by atoms with Gasteiger partial charge in [0.15, 0.2) is 0 Å². The van der Waals surface area contributed by atoms with Crippen LogP contribution in [0.2, 0.25) is 0 Å². The van der Waals surface area contributed by atoms with E-state index in [0.717, 1.165) is 103 Å². The number of ether oxygens (including phenoxy) is 2. The van der Waals surface area contributed by atoms with Crippen LogP contribution in [0, 0.1) is 0 Å². The fraction of sp³-hybridized carbons (Fsp3) is 0.764. The monoisotopic (exact) mass is 981 g/mol. The van der Waals surface area contributed by atoms with Gasteiger partial charge in [0.05, 0.1) is 13.2 Å². The second-order valence-corrected chi connectivity index (χ2v) is 19.7. The second kappa shape index (κ2) is 44.7. The molecule has 6 unspecified atom stereocenters. The van der Waals surface area contributed by atoms with Crippen molar-refractivity contribution in [2.24, 2.45) is 0 Å². The third-order valence-electron chi connectivity index (χ3n) is 12.1. The van der Waals surface area contributed by atoms with Crippen molar-refractivity contribution in [1.82, 2.24) is 0 Å². The molecule has 68 heavy (non-hydrogen) atoms. The molecule has 0 amide bonds. The number of unbranched alkanes of at least 4 members (excludes halogenated alkanes) is 21. The zero-order chi connectivity index (χ0) is 49.8. The van der Waals surface area contributed by atoms with Crippen molar-refractivity contribution >= 4 is 13.8 Å². The molecule has 0 aromatic carbocycles. The van der Waals surface area contributed by atoms with Crippen LogP contribution in [0.5, 0.6) is 0 Å². The van der Waals surface area contributed by atoms with Gasteiger partial charge in [0.2, 0.25) is 0 Å². The van der Waals surface area contributed by atoms with Gasteiger partial charge >= 0.3 is 13.8 Å². The number of allylic oxidation sites excluding steroid dienone is 12. The number of rotatable bonds is 45. The molecule has 6 N–H and O–H groups in total.